The molecule has 0 aliphatic rings. The van der Waals surface area contributed by atoms with E-state index < -0.39 is 0 Å². The summed E-state index contributed by atoms with van der Waals surface area (Å²) in [4.78, 5) is 0. The topological polar surface area (TPSA) is 12.0 Å². The fourth-order valence-corrected chi connectivity index (χ4v) is 1.77. The zero-order valence-corrected chi connectivity index (χ0v) is 13.3. The van der Waals surface area contributed by atoms with Crippen LogP contribution in [0.1, 0.15) is 74.1 Å². The number of hydrogen-bond donors (Lipinski definition) is 1. The number of rotatable bonds is 7. The Bertz CT molecular complexity index is 183. The normalized spacial score (nSPS) is 15.0. The number of nitrogens with one attached hydrogen (secondary N) is 1. The Balaban J connectivity index is 3.36. The summed E-state index contributed by atoms with van der Waals surface area (Å²) in [5.41, 5.74) is 0.894. The molecule has 0 aromatic rings. The molecule has 0 saturated heterocycles. The van der Waals surface area contributed by atoms with E-state index in [4.69, 9.17) is 0 Å². The minimum Gasteiger partial charge on any atom is -0.316 e. The summed E-state index contributed by atoms with van der Waals surface area (Å²) in [6.07, 6.45) is 5.46. The third kappa shape index (κ3) is 10.8. The first-order chi connectivity index (χ1) is 7.63. The molecular formula is C16H35N. The van der Waals surface area contributed by atoms with Crippen LogP contribution in [0.4, 0.5) is 0 Å². The van der Waals surface area contributed by atoms with E-state index >= 15 is 0 Å². The molecule has 0 aromatic heterocycles. The highest BCUT2D eigenvalue weighted by Crippen LogP contribution is 2.29. The van der Waals surface area contributed by atoms with Crippen molar-refractivity contribution in [3.8, 4) is 0 Å². The summed E-state index contributed by atoms with van der Waals surface area (Å²) in [6.45, 7) is 18.6. The van der Waals surface area contributed by atoms with Gasteiger partial charge in [-0.05, 0) is 36.3 Å². The molecule has 104 valence electrons. The standard InChI is InChI=1S/C16H35N/c1-14(16(5,6)7)11-9-8-10-12-17-13-15(2,3)4/h14,17H,8-13H2,1-7H3/t14-/m0/s1. The number of hydrogen-bond acceptors (Lipinski definition) is 1. The van der Waals surface area contributed by atoms with Crippen LogP contribution in [0.15, 0.2) is 0 Å². The van der Waals surface area contributed by atoms with E-state index in [0.717, 1.165) is 12.5 Å². The average Bonchev–Trinajstić information content (AvgIpc) is 2.12. The number of unbranched alkanes of at least 4 members (excludes halogenated alkanes) is 2. The van der Waals surface area contributed by atoms with Gasteiger partial charge in [-0.1, -0.05) is 67.7 Å². The molecule has 17 heavy (non-hydrogen) atoms. The zero-order valence-electron chi connectivity index (χ0n) is 13.3. The van der Waals surface area contributed by atoms with E-state index in [9.17, 15) is 0 Å². The van der Waals surface area contributed by atoms with Crippen LogP contribution in [-0.4, -0.2) is 13.1 Å². The lowest BCUT2D eigenvalue weighted by molar-refractivity contribution is 0.240. The van der Waals surface area contributed by atoms with Gasteiger partial charge in [-0.2, -0.15) is 0 Å². The second-order valence-corrected chi connectivity index (χ2v) is 7.85. The van der Waals surface area contributed by atoms with Crippen molar-refractivity contribution in [2.45, 2.75) is 74.1 Å². The minimum atomic E-state index is 0.417. The molecule has 1 atom stereocenters. The Morgan fingerprint density at radius 2 is 1.47 bits per heavy atom. The van der Waals surface area contributed by atoms with Crippen LogP contribution in [0, 0.1) is 16.7 Å². The first-order valence-electron chi connectivity index (χ1n) is 7.33. The van der Waals surface area contributed by atoms with E-state index in [1.54, 1.807) is 0 Å². The van der Waals surface area contributed by atoms with Gasteiger partial charge in [0.05, 0.1) is 0 Å². The molecule has 1 nitrogen and oxygen atoms in total. The molecule has 0 rings (SSSR count). The van der Waals surface area contributed by atoms with Crippen molar-refractivity contribution in [3.63, 3.8) is 0 Å². The maximum Gasteiger partial charge on any atom is -0.0000126 e. The van der Waals surface area contributed by atoms with Crippen LogP contribution >= 0.6 is 0 Å². The van der Waals surface area contributed by atoms with Crippen molar-refractivity contribution in [1.29, 1.82) is 0 Å². The van der Waals surface area contributed by atoms with Gasteiger partial charge in [0.1, 0.15) is 0 Å². The summed E-state index contributed by atoms with van der Waals surface area (Å²) < 4.78 is 0. The van der Waals surface area contributed by atoms with Gasteiger partial charge < -0.3 is 5.32 Å². The van der Waals surface area contributed by atoms with Crippen LogP contribution in [0.3, 0.4) is 0 Å². The fraction of sp³-hybridized carbons (Fsp3) is 1.00. The molecule has 0 heterocycles. The van der Waals surface area contributed by atoms with Crippen molar-refractivity contribution < 1.29 is 0 Å². The smallest absolute Gasteiger partial charge is 0.0000126 e. The molecule has 0 aliphatic carbocycles. The zero-order chi connectivity index (χ0) is 13.5. The lowest BCUT2D eigenvalue weighted by Crippen LogP contribution is -2.27. The van der Waals surface area contributed by atoms with Crippen LogP contribution in [-0.2, 0) is 0 Å². The molecule has 0 radical (unpaired) electrons. The third-order valence-corrected chi connectivity index (χ3v) is 3.62. The predicted molar refractivity (Wildman–Crippen MR) is 79.4 cm³/mol. The Morgan fingerprint density at radius 3 is 1.94 bits per heavy atom. The Morgan fingerprint density at radius 1 is 0.882 bits per heavy atom. The van der Waals surface area contributed by atoms with Crippen molar-refractivity contribution in [3.05, 3.63) is 0 Å². The first kappa shape index (κ1) is 17.0. The van der Waals surface area contributed by atoms with Gasteiger partial charge in [0.25, 0.3) is 0 Å². The average molecular weight is 241 g/mol. The van der Waals surface area contributed by atoms with Crippen LogP contribution in [0.5, 0.6) is 0 Å². The highest BCUT2D eigenvalue weighted by atomic mass is 14.9. The Hall–Kier alpha value is -0.0400. The van der Waals surface area contributed by atoms with E-state index in [-0.39, 0.29) is 0 Å². The van der Waals surface area contributed by atoms with E-state index in [2.05, 4.69) is 53.8 Å². The summed E-state index contributed by atoms with van der Waals surface area (Å²) in [7, 11) is 0. The van der Waals surface area contributed by atoms with Gasteiger partial charge in [-0.3, -0.25) is 0 Å². The first-order valence-corrected chi connectivity index (χ1v) is 7.33. The molecular weight excluding hydrogens is 206 g/mol. The van der Waals surface area contributed by atoms with E-state index in [1.165, 1.54) is 32.2 Å². The minimum absolute atomic E-state index is 0.417. The molecule has 0 amide bonds. The predicted octanol–water partition coefficient (Wildman–Crippen LogP) is 4.86. The quantitative estimate of drug-likeness (QED) is 0.627. The maximum absolute atomic E-state index is 3.54. The Kier molecular flexibility index (Phi) is 7.39. The molecule has 0 aromatic carbocycles. The van der Waals surface area contributed by atoms with Gasteiger partial charge in [0.15, 0.2) is 0 Å². The van der Waals surface area contributed by atoms with E-state index in [0.29, 0.717) is 10.8 Å². The van der Waals surface area contributed by atoms with Gasteiger partial charge in [0, 0.05) is 0 Å². The molecule has 0 saturated carbocycles. The van der Waals surface area contributed by atoms with Gasteiger partial charge >= 0.3 is 0 Å². The van der Waals surface area contributed by atoms with Crippen molar-refractivity contribution in [2.75, 3.05) is 13.1 Å². The monoisotopic (exact) mass is 241 g/mol. The van der Waals surface area contributed by atoms with Crippen LogP contribution in [0.2, 0.25) is 0 Å². The second-order valence-electron chi connectivity index (χ2n) is 7.85. The largest absolute Gasteiger partial charge is 0.316 e. The van der Waals surface area contributed by atoms with E-state index in [1.807, 2.05) is 0 Å². The maximum atomic E-state index is 3.54. The second kappa shape index (κ2) is 7.41. The molecule has 0 aliphatic heterocycles. The van der Waals surface area contributed by atoms with Crippen LogP contribution in [0.25, 0.3) is 0 Å². The van der Waals surface area contributed by atoms with Crippen molar-refractivity contribution in [2.24, 2.45) is 16.7 Å². The van der Waals surface area contributed by atoms with Crippen molar-refractivity contribution >= 4 is 0 Å². The van der Waals surface area contributed by atoms with Gasteiger partial charge in [-0.15, -0.1) is 0 Å². The highest BCUT2D eigenvalue weighted by Gasteiger charge is 2.18. The summed E-state index contributed by atoms with van der Waals surface area (Å²) in [5, 5.41) is 3.54. The van der Waals surface area contributed by atoms with Crippen LogP contribution < -0.4 is 5.32 Å². The SMILES string of the molecule is C[C@@H](CCCCCNCC(C)(C)C)C(C)(C)C. The fourth-order valence-electron chi connectivity index (χ4n) is 1.77. The highest BCUT2D eigenvalue weighted by molar-refractivity contribution is 4.70. The molecule has 1 N–H and O–H groups in total. The Labute approximate surface area is 110 Å². The lowest BCUT2D eigenvalue weighted by Gasteiger charge is -2.27. The summed E-state index contributed by atoms with van der Waals surface area (Å²) in [5.74, 6) is 0.838. The molecule has 0 spiro atoms. The van der Waals surface area contributed by atoms with Gasteiger partial charge in [0.2, 0.25) is 0 Å². The third-order valence-electron chi connectivity index (χ3n) is 3.62. The molecule has 0 fully saturated rings. The molecule has 0 unspecified atom stereocenters. The summed E-state index contributed by atoms with van der Waals surface area (Å²) in [6, 6.07) is 0. The molecule has 0 bridgehead atoms. The van der Waals surface area contributed by atoms with Gasteiger partial charge in [-0.25, -0.2) is 0 Å². The lowest BCUT2D eigenvalue weighted by atomic mass is 9.79. The summed E-state index contributed by atoms with van der Waals surface area (Å²) >= 11 is 0. The molecule has 1 heteroatoms. The van der Waals surface area contributed by atoms with Crippen molar-refractivity contribution in [1.82, 2.24) is 5.32 Å².